The fraction of sp³-hybridized carbons (Fsp3) is 0.304. The van der Waals surface area contributed by atoms with Gasteiger partial charge in [0.15, 0.2) is 0 Å². The van der Waals surface area contributed by atoms with E-state index >= 15 is 0 Å². The van der Waals surface area contributed by atoms with Gasteiger partial charge in [0, 0.05) is 16.8 Å². The molecule has 1 N–H and O–H groups in total. The number of ether oxygens (including phenoxy) is 1. The number of carbonyl (C=O) groups excluding carboxylic acids is 2. The molecule has 2 amide bonds. The normalized spacial score (nSPS) is 16.1. The number of carbonyl (C=O) groups is 2. The van der Waals surface area contributed by atoms with Crippen LogP contribution in [0.3, 0.4) is 0 Å². The molecule has 1 atom stereocenters. The van der Waals surface area contributed by atoms with E-state index in [1.165, 1.54) is 5.56 Å². The van der Waals surface area contributed by atoms with Gasteiger partial charge < -0.3 is 19.4 Å². The van der Waals surface area contributed by atoms with E-state index in [-0.39, 0.29) is 11.8 Å². The molecular weight excluding hydrogens is 400 g/mol. The van der Waals surface area contributed by atoms with Crippen molar-refractivity contribution in [1.82, 2.24) is 4.90 Å². The van der Waals surface area contributed by atoms with Gasteiger partial charge in [-0.15, -0.1) is 11.8 Å². The van der Waals surface area contributed by atoms with E-state index < -0.39 is 6.04 Å². The number of hydrogen-bond donors (Lipinski definition) is 1. The van der Waals surface area contributed by atoms with Crippen LogP contribution in [0.5, 0.6) is 5.75 Å². The predicted octanol–water partition coefficient (Wildman–Crippen LogP) is 4.52. The molecule has 0 aliphatic carbocycles. The van der Waals surface area contributed by atoms with E-state index in [1.807, 2.05) is 32.0 Å². The minimum Gasteiger partial charge on any atom is -0.497 e. The van der Waals surface area contributed by atoms with Crippen molar-refractivity contribution in [1.29, 1.82) is 0 Å². The minimum atomic E-state index is -0.543. The molecule has 1 unspecified atom stereocenters. The van der Waals surface area contributed by atoms with Crippen molar-refractivity contribution in [2.45, 2.75) is 26.8 Å². The molecule has 6 nitrogen and oxygen atoms in total. The molecule has 30 heavy (non-hydrogen) atoms. The van der Waals surface area contributed by atoms with Crippen LogP contribution in [-0.4, -0.2) is 41.5 Å². The van der Waals surface area contributed by atoms with Crippen LogP contribution < -0.4 is 10.1 Å². The molecule has 0 spiro atoms. The number of methoxy groups -OCH3 is 1. The second-order valence-corrected chi connectivity index (χ2v) is 8.47. The first kappa shape index (κ1) is 20.3. The molecule has 1 aliphatic heterocycles. The van der Waals surface area contributed by atoms with E-state index in [0.29, 0.717) is 39.7 Å². The smallest absolute Gasteiger partial charge is 0.259 e. The number of nitrogens with zero attached hydrogens (tertiary/aromatic N) is 1. The van der Waals surface area contributed by atoms with Crippen molar-refractivity contribution < 1.29 is 18.7 Å². The molecule has 1 aliphatic rings. The number of nitrogens with one attached hydrogen (secondary N) is 1. The third-order valence-corrected chi connectivity index (χ3v) is 6.52. The number of benzene rings is 2. The molecule has 7 heteroatoms. The lowest BCUT2D eigenvalue weighted by molar-refractivity contribution is -0.119. The van der Waals surface area contributed by atoms with Gasteiger partial charge in [-0.05, 0) is 62.2 Å². The van der Waals surface area contributed by atoms with E-state index in [1.54, 1.807) is 48.9 Å². The van der Waals surface area contributed by atoms with Gasteiger partial charge in [0.1, 0.15) is 23.1 Å². The lowest BCUT2D eigenvalue weighted by Crippen LogP contribution is -2.44. The van der Waals surface area contributed by atoms with Gasteiger partial charge in [-0.25, -0.2) is 0 Å². The molecule has 0 saturated carbocycles. The van der Waals surface area contributed by atoms with Crippen LogP contribution in [-0.2, 0) is 4.79 Å². The summed E-state index contributed by atoms with van der Waals surface area (Å²) in [5.74, 6) is 1.82. The summed E-state index contributed by atoms with van der Waals surface area (Å²) in [5, 5.41) is 3.66. The first-order valence-corrected chi connectivity index (χ1v) is 10.9. The zero-order valence-electron chi connectivity index (χ0n) is 17.4. The summed E-state index contributed by atoms with van der Waals surface area (Å²) in [7, 11) is 1.58. The topological polar surface area (TPSA) is 71.8 Å². The Hall–Kier alpha value is -2.93. The molecular formula is C23H24N2O4S. The fourth-order valence-electron chi connectivity index (χ4n) is 3.64. The lowest BCUT2D eigenvalue weighted by atomic mass is 10.1. The van der Waals surface area contributed by atoms with Gasteiger partial charge >= 0.3 is 0 Å². The van der Waals surface area contributed by atoms with E-state index in [4.69, 9.17) is 9.15 Å². The van der Waals surface area contributed by atoms with E-state index in [9.17, 15) is 9.59 Å². The number of hydrogen-bond acceptors (Lipinski definition) is 5. The standard InChI is InChI=1S/C23H24N2O4S/c1-13-5-6-16(9-14(13)2)24-22(26)19-11-30-12-25(19)23(27)21-15(3)29-20-8-7-17(28-4)10-18(20)21/h5-10,19H,11-12H2,1-4H3,(H,24,26). The highest BCUT2D eigenvalue weighted by Gasteiger charge is 2.37. The zero-order valence-corrected chi connectivity index (χ0v) is 18.3. The van der Waals surface area contributed by atoms with Crippen LogP contribution in [0.2, 0.25) is 0 Å². The number of amides is 2. The molecule has 1 aromatic heterocycles. The highest BCUT2D eigenvalue weighted by molar-refractivity contribution is 7.99. The summed E-state index contributed by atoms with van der Waals surface area (Å²) in [6, 6.07) is 10.7. The fourth-order valence-corrected chi connectivity index (χ4v) is 4.79. The molecule has 156 valence electrons. The van der Waals surface area contributed by atoms with Crippen molar-refractivity contribution >= 4 is 40.2 Å². The van der Waals surface area contributed by atoms with Crippen molar-refractivity contribution in [2.75, 3.05) is 24.1 Å². The summed E-state index contributed by atoms with van der Waals surface area (Å²) in [4.78, 5) is 28.0. The number of aryl methyl sites for hydroxylation is 3. The second kappa shape index (κ2) is 8.07. The molecule has 4 rings (SSSR count). The average molecular weight is 425 g/mol. The summed E-state index contributed by atoms with van der Waals surface area (Å²) in [6.07, 6.45) is 0. The molecule has 2 aromatic carbocycles. The van der Waals surface area contributed by atoms with Gasteiger partial charge in [-0.1, -0.05) is 6.07 Å². The highest BCUT2D eigenvalue weighted by Crippen LogP contribution is 2.32. The van der Waals surface area contributed by atoms with Gasteiger partial charge in [0.2, 0.25) is 5.91 Å². The summed E-state index contributed by atoms with van der Waals surface area (Å²) in [5.41, 5.74) is 4.12. The maximum Gasteiger partial charge on any atom is 0.259 e. The quantitative estimate of drug-likeness (QED) is 0.667. The molecule has 0 radical (unpaired) electrons. The molecule has 1 saturated heterocycles. The Bertz CT molecular complexity index is 1140. The first-order valence-electron chi connectivity index (χ1n) is 9.73. The van der Waals surface area contributed by atoms with Crippen molar-refractivity contribution in [3.63, 3.8) is 0 Å². The Balaban J connectivity index is 1.61. The predicted molar refractivity (Wildman–Crippen MR) is 119 cm³/mol. The first-order chi connectivity index (χ1) is 14.4. The Labute approximate surface area is 179 Å². The third kappa shape index (κ3) is 3.65. The molecule has 1 fully saturated rings. The number of thioether (sulfide) groups is 1. The van der Waals surface area contributed by atoms with Crippen LogP contribution in [0.1, 0.15) is 27.2 Å². The molecule has 3 aromatic rings. The van der Waals surface area contributed by atoms with Gasteiger partial charge in [-0.3, -0.25) is 9.59 Å². The number of anilines is 1. The Kier molecular flexibility index (Phi) is 5.47. The van der Waals surface area contributed by atoms with Crippen molar-refractivity contribution in [3.8, 4) is 5.75 Å². The van der Waals surface area contributed by atoms with E-state index in [0.717, 1.165) is 11.3 Å². The van der Waals surface area contributed by atoms with Gasteiger partial charge in [-0.2, -0.15) is 0 Å². The van der Waals surface area contributed by atoms with Crippen LogP contribution in [0, 0.1) is 20.8 Å². The average Bonchev–Trinajstić information content (AvgIpc) is 3.33. The number of furan rings is 1. The largest absolute Gasteiger partial charge is 0.497 e. The third-order valence-electron chi connectivity index (χ3n) is 5.51. The summed E-state index contributed by atoms with van der Waals surface area (Å²) >= 11 is 1.57. The number of rotatable bonds is 4. The maximum absolute atomic E-state index is 13.4. The van der Waals surface area contributed by atoms with E-state index in [2.05, 4.69) is 5.32 Å². The van der Waals surface area contributed by atoms with Crippen LogP contribution in [0.4, 0.5) is 5.69 Å². The highest BCUT2D eigenvalue weighted by atomic mass is 32.2. The summed E-state index contributed by atoms with van der Waals surface area (Å²) < 4.78 is 11.1. The monoisotopic (exact) mass is 424 g/mol. The van der Waals surface area contributed by atoms with Gasteiger partial charge in [0.25, 0.3) is 5.91 Å². The van der Waals surface area contributed by atoms with Crippen LogP contribution in [0.15, 0.2) is 40.8 Å². The van der Waals surface area contributed by atoms with Crippen LogP contribution in [0.25, 0.3) is 11.0 Å². The van der Waals surface area contributed by atoms with Crippen molar-refractivity contribution in [3.05, 3.63) is 58.8 Å². The Morgan fingerprint density at radius 3 is 2.67 bits per heavy atom. The molecule has 0 bridgehead atoms. The zero-order chi connectivity index (χ0) is 21.4. The van der Waals surface area contributed by atoms with Crippen LogP contribution >= 0.6 is 11.8 Å². The summed E-state index contributed by atoms with van der Waals surface area (Å²) in [6.45, 7) is 5.81. The number of fused-ring (bicyclic) bond motifs is 1. The van der Waals surface area contributed by atoms with Crippen molar-refractivity contribution in [2.24, 2.45) is 0 Å². The minimum absolute atomic E-state index is 0.181. The Morgan fingerprint density at radius 2 is 1.93 bits per heavy atom. The SMILES string of the molecule is COc1ccc2oc(C)c(C(=O)N3CSCC3C(=O)Nc3ccc(C)c(C)c3)c2c1. The lowest BCUT2D eigenvalue weighted by Gasteiger charge is -2.23. The second-order valence-electron chi connectivity index (χ2n) is 7.47. The molecule has 2 heterocycles. The van der Waals surface area contributed by atoms with Gasteiger partial charge in [0.05, 0.1) is 18.6 Å². The Morgan fingerprint density at radius 1 is 1.13 bits per heavy atom. The maximum atomic E-state index is 13.4.